The number of carbonyl (C=O) groups excluding carboxylic acids is 1. The van der Waals surface area contributed by atoms with Crippen molar-refractivity contribution in [2.45, 2.75) is 18.9 Å². The molecule has 1 heterocycles. The molecule has 2 amide bonds. The smallest absolute Gasteiger partial charge is 0.326 e. The number of nitrogens with zero attached hydrogens (tertiary/aromatic N) is 1. The van der Waals surface area contributed by atoms with Crippen LogP contribution in [0.4, 0.5) is 4.79 Å². The normalized spacial score (nSPS) is 11.6. The zero-order chi connectivity index (χ0) is 13.4. The van der Waals surface area contributed by atoms with Crippen molar-refractivity contribution in [3.63, 3.8) is 0 Å². The highest BCUT2D eigenvalue weighted by atomic mass is 32.1. The van der Waals surface area contributed by atoms with E-state index >= 15 is 0 Å². The third-order valence-electron chi connectivity index (χ3n) is 2.16. The first kappa shape index (κ1) is 14.2. The first-order chi connectivity index (χ1) is 8.63. The van der Waals surface area contributed by atoms with E-state index in [1.807, 2.05) is 5.38 Å². The van der Waals surface area contributed by atoms with Crippen LogP contribution in [0.25, 0.3) is 0 Å². The molecule has 0 saturated heterocycles. The van der Waals surface area contributed by atoms with Crippen LogP contribution in [0.15, 0.2) is 23.5 Å². The van der Waals surface area contributed by atoms with Crippen molar-refractivity contribution < 1.29 is 14.7 Å². The van der Waals surface area contributed by atoms with Crippen LogP contribution in [0.3, 0.4) is 0 Å². The lowest BCUT2D eigenvalue weighted by molar-refractivity contribution is -0.139. The second kappa shape index (κ2) is 7.44. The van der Waals surface area contributed by atoms with Crippen molar-refractivity contribution in [1.82, 2.24) is 15.6 Å². The topological polar surface area (TPSA) is 91.3 Å². The van der Waals surface area contributed by atoms with Gasteiger partial charge in [-0.25, -0.2) is 14.6 Å². The number of hydrogen-bond acceptors (Lipinski definition) is 4. The second-order valence-electron chi connectivity index (χ2n) is 3.55. The fourth-order valence-electron chi connectivity index (χ4n) is 1.26. The van der Waals surface area contributed by atoms with Crippen molar-refractivity contribution in [1.29, 1.82) is 0 Å². The molecule has 1 rings (SSSR count). The van der Waals surface area contributed by atoms with Crippen molar-refractivity contribution in [3.8, 4) is 0 Å². The van der Waals surface area contributed by atoms with Gasteiger partial charge in [0.2, 0.25) is 0 Å². The standard InChI is InChI=1S/C11H15N3O3S/c1-2-3-9(10(15)16)14-11(17)12-5-4-8-6-18-7-13-8/h2,6-7,9H,1,3-5H2,(H,15,16)(H2,12,14,17). The van der Waals surface area contributed by atoms with E-state index in [0.717, 1.165) is 5.69 Å². The van der Waals surface area contributed by atoms with E-state index in [2.05, 4.69) is 22.2 Å². The Morgan fingerprint density at radius 2 is 2.39 bits per heavy atom. The van der Waals surface area contributed by atoms with E-state index in [4.69, 9.17) is 5.11 Å². The largest absolute Gasteiger partial charge is 0.480 e. The van der Waals surface area contributed by atoms with Gasteiger partial charge in [-0.05, 0) is 6.42 Å². The molecule has 0 spiro atoms. The molecule has 18 heavy (non-hydrogen) atoms. The monoisotopic (exact) mass is 269 g/mol. The lowest BCUT2D eigenvalue weighted by atomic mass is 10.2. The van der Waals surface area contributed by atoms with Gasteiger partial charge in [0, 0.05) is 18.3 Å². The summed E-state index contributed by atoms with van der Waals surface area (Å²) in [4.78, 5) is 26.3. The zero-order valence-corrected chi connectivity index (χ0v) is 10.6. The zero-order valence-electron chi connectivity index (χ0n) is 9.76. The lowest BCUT2D eigenvalue weighted by Gasteiger charge is -2.13. The van der Waals surface area contributed by atoms with E-state index in [1.54, 1.807) is 5.51 Å². The Morgan fingerprint density at radius 3 is 2.94 bits per heavy atom. The van der Waals surface area contributed by atoms with Crippen LogP contribution in [0.1, 0.15) is 12.1 Å². The van der Waals surface area contributed by atoms with E-state index < -0.39 is 18.0 Å². The van der Waals surface area contributed by atoms with E-state index in [0.29, 0.717) is 13.0 Å². The number of hydrogen-bond donors (Lipinski definition) is 3. The summed E-state index contributed by atoms with van der Waals surface area (Å²) in [5, 5.41) is 15.7. The quantitative estimate of drug-likeness (QED) is 0.644. The number of carbonyl (C=O) groups is 2. The van der Waals surface area contributed by atoms with Gasteiger partial charge in [-0.3, -0.25) is 0 Å². The molecule has 0 bridgehead atoms. The molecule has 0 aliphatic heterocycles. The maximum atomic E-state index is 11.4. The minimum Gasteiger partial charge on any atom is -0.480 e. The number of carboxylic acid groups (broad SMARTS) is 1. The average Bonchev–Trinajstić information content (AvgIpc) is 2.81. The summed E-state index contributed by atoms with van der Waals surface area (Å²) < 4.78 is 0. The number of nitrogens with one attached hydrogen (secondary N) is 2. The van der Waals surface area contributed by atoms with Crippen LogP contribution >= 0.6 is 11.3 Å². The van der Waals surface area contributed by atoms with Crippen molar-refractivity contribution in [2.24, 2.45) is 0 Å². The molecule has 98 valence electrons. The van der Waals surface area contributed by atoms with E-state index in [-0.39, 0.29) is 6.42 Å². The third-order valence-corrected chi connectivity index (χ3v) is 2.79. The Labute approximate surface area is 109 Å². The third kappa shape index (κ3) is 4.96. The van der Waals surface area contributed by atoms with Gasteiger partial charge >= 0.3 is 12.0 Å². The highest BCUT2D eigenvalue weighted by Crippen LogP contribution is 2.00. The van der Waals surface area contributed by atoms with E-state index in [9.17, 15) is 9.59 Å². The fraction of sp³-hybridized carbons (Fsp3) is 0.364. The molecule has 3 N–H and O–H groups in total. The highest BCUT2D eigenvalue weighted by Gasteiger charge is 2.17. The first-order valence-corrected chi connectivity index (χ1v) is 6.33. The predicted octanol–water partition coefficient (Wildman–Crippen LogP) is 1.01. The van der Waals surface area contributed by atoms with Crippen LogP contribution in [0.5, 0.6) is 0 Å². The summed E-state index contributed by atoms with van der Waals surface area (Å²) in [6, 6.07) is -1.44. The molecule has 0 fully saturated rings. The molecule has 6 nitrogen and oxygen atoms in total. The molecule has 0 radical (unpaired) electrons. The number of amides is 2. The van der Waals surface area contributed by atoms with Gasteiger partial charge in [-0.2, -0.15) is 0 Å². The fourth-order valence-corrected chi connectivity index (χ4v) is 1.86. The Hall–Kier alpha value is -1.89. The SMILES string of the molecule is C=CCC(NC(=O)NCCc1cscn1)C(=O)O. The molecular formula is C11H15N3O3S. The molecule has 0 saturated carbocycles. The second-order valence-corrected chi connectivity index (χ2v) is 4.26. The summed E-state index contributed by atoms with van der Waals surface area (Å²) in [7, 11) is 0. The number of thiazole rings is 1. The molecule has 0 aliphatic rings. The minimum atomic E-state index is -1.08. The van der Waals surface area contributed by atoms with Crippen LogP contribution in [-0.4, -0.2) is 34.7 Å². The Morgan fingerprint density at radius 1 is 1.61 bits per heavy atom. The summed E-state index contributed by atoms with van der Waals surface area (Å²) in [6.45, 7) is 3.86. The Kier molecular flexibility index (Phi) is 5.86. The van der Waals surface area contributed by atoms with E-state index in [1.165, 1.54) is 17.4 Å². The Balaban J connectivity index is 2.27. The van der Waals surface area contributed by atoms with Gasteiger partial charge in [-0.1, -0.05) is 6.08 Å². The summed E-state index contributed by atoms with van der Waals surface area (Å²) in [5.41, 5.74) is 2.63. The molecule has 0 aliphatic carbocycles. The lowest BCUT2D eigenvalue weighted by Crippen LogP contribution is -2.46. The maximum Gasteiger partial charge on any atom is 0.326 e. The molecule has 1 aromatic rings. The summed E-state index contributed by atoms with van der Waals surface area (Å²) in [6.07, 6.45) is 2.26. The summed E-state index contributed by atoms with van der Waals surface area (Å²) in [5.74, 6) is -1.08. The maximum absolute atomic E-state index is 11.4. The van der Waals surface area contributed by atoms with Crippen LogP contribution < -0.4 is 10.6 Å². The number of urea groups is 1. The first-order valence-electron chi connectivity index (χ1n) is 5.38. The molecule has 1 unspecified atom stereocenters. The van der Waals surface area contributed by atoms with Gasteiger partial charge < -0.3 is 15.7 Å². The number of carboxylic acids is 1. The molecule has 1 aromatic heterocycles. The Bertz CT molecular complexity index is 406. The van der Waals surface area contributed by atoms with Gasteiger partial charge in [0.15, 0.2) is 0 Å². The minimum absolute atomic E-state index is 0.189. The van der Waals surface area contributed by atoms with Crippen molar-refractivity contribution >= 4 is 23.3 Å². The van der Waals surface area contributed by atoms with Gasteiger partial charge in [-0.15, -0.1) is 17.9 Å². The van der Waals surface area contributed by atoms with Crippen LogP contribution in [-0.2, 0) is 11.2 Å². The molecule has 1 atom stereocenters. The van der Waals surface area contributed by atoms with Crippen LogP contribution in [0, 0.1) is 0 Å². The molecule has 0 aromatic carbocycles. The summed E-state index contributed by atoms with van der Waals surface area (Å²) >= 11 is 1.49. The highest BCUT2D eigenvalue weighted by molar-refractivity contribution is 7.07. The van der Waals surface area contributed by atoms with Gasteiger partial charge in [0.05, 0.1) is 11.2 Å². The van der Waals surface area contributed by atoms with Gasteiger partial charge in [0.1, 0.15) is 6.04 Å². The predicted molar refractivity (Wildman–Crippen MR) is 68.6 cm³/mol. The molecular weight excluding hydrogens is 254 g/mol. The number of aliphatic carboxylic acids is 1. The van der Waals surface area contributed by atoms with Crippen molar-refractivity contribution in [3.05, 3.63) is 29.2 Å². The van der Waals surface area contributed by atoms with Crippen LogP contribution in [0.2, 0.25) is 0 Å². The number of rotatable bonds is 7. The number of aromatic nitrogens is 1. The van der Waals surface area contributed by atoms with Crippen molar-refractivity contribution in [2.75, 3.05) is 6.54 Å². The average molecular weight is 269 g/mol. The molecule has 7 heteroatoms. The van der Waals surface area contributed by atoms with Gasteiger partial charge in [0.25, 0.3) is 0 Å².